The average molecular weight is 682 g/mol. The molecule has 0 saturated carbocycles. The molecule has 286 valence electrons. The summed E-state index contributed by atoms with van der Waals surface area (Å²) in [6.45, 7) is 19.3. The van der Waals surface area contributed by atoms with Crippen molar-refractivity contribution in [1.29, 1.82) is 0 Å². The highest BCUT2D eigenvalue weighted by molar-refractivity contribution is 5.75. The van der Waals surface area contributed by atoms with E-state index >= 15 is 0 Å². The summed E-state index contributed by atoms with van der Waals surface area (Å²) in [7, 11) is 0. The van der Waals surface area contributed by atoms with Crippen LogP contribution in [0.15, 0.2) is 0 Å². The lowest BCUT2D eigenvalue weighted by Crippen LogP contribution is -2.29. The number of nitrogens with zero attached hydrogens (tertiary/aromatic N) is 1. The van der Waals surface area contributed by atoms with Crippen molar-refractivity contribution in [2.45, 2.75) is 203 Å². The molecular weight excluding hydrogens is 598 g/mol. The van der Waals surface area contributed by atoms with E-state index in [-0.39, 0.29) is 24.0 Å². The van der Waals surface area contributed by atoms with Crippen LogP contribution in [0.1, 0.15) is 203 Å². The summed E-state index contributed by atoms with van der Waals surface area (Å²) in [6.07, 6.45) is 27.4. The first-order valence-electron chi connectivity index (χ1n) is 20.7. The summed E-state index contributed by atoms with van der Waals surface area (Å²) in [5.41, 5.74) is -0.403. The van der Waals surface area contributed by atoms with Crippen molar-refractivity contribution in [2.75, 3.05) is 39.5 Å². The van der Waals surface area contributed by atoms with E-state index in [0.717, 1.165) is 109 Å². The topological polar surface area (TPSA) is 76.1 Å². The molecule has 1 N–H and O–H groups in total. The predicted molar refractivity (Wildman–Crippen MR) is 204 cm³/mol. The van der Waals surface area contributed by atoms with Crippen molar-refractivity contribution >= 4 is 11.9 Å². The standard InChI is InChI=1S/C42H83NO5/c1-8-11-12-13-14-15-22-29-39(45)48-37-41(4,5)30-23-20-26-33-43(34-35-44)32-25-18-17-24-31-42(6,7)40(46)47-36-27-19-16-21-28-38(9-2)10-3/h38,44H,8-37H2,1-7H3. The maximum Gasteiger partial charge on any atom is 0.311 e. The molecule has 0 radical (unpaired) electrons. The third-order valence-electron chi connectivity index (χ3n) is 10.3. The van der Waals surface area contributed by atoms with Gasteiger partial charge in [-0.3, -0.25) is 9.59 Å². The van der Waals surface area contributed by atoms with Crippen molar-refractivity contribution in [3.8, 4) is 0 Å². The van der Waals surface area contributed by atoms with Gasteiger partial charge in [0.15, 0.2) is 0 Å². The van der Waals surface area contributed by atoms with Crippen molar-refractivity contribution < 1.29 is 24.2 Å². The first kappa shape index (κ1) is 46.9. The molecule has 0 amide bonds. The van der Waals surface area contributed by atoms with E-state index in [0.29, 0.717) is 19.6 Å². The van der Waals surface area contributed by atoms with Gasteiger partial charge in [-0.2, -0.15) is 0 Å². The molecule has 0 spiro atoms. The number of aliphatic hydroxyl groups is 1. The predicted octanol–water partition coefficient (Wildman–Crippen LogP) is 11.5. The van der Waals surface area contributed by atoms with E-state index in [1.54, 1.807) is 0 Å². The summed E-state index contributed by atoms with van der Waals surface area (Å²) in [4.78, 5) is 27.2. The lowest BCUT2D eigenvalue weighted by Gasteiger charge is -2.25. The molecule has 0 rings (SSSR count). The Bertz CT molecular complexity index is 748. The molecule has 48 heavy (non-hydrogen) atoms. The van der Waals surface area contributed by atoms with Crippen LogP contribution in [0.3, 0.4) is 0 Å². The largest absolute Gasteiger partial charge is 0.465 e. The van der Waals surface area contributed by atoms with Gasteiger partial charge in [-0.15, -0.1) is 0 Å². The summed E-state index contributed by atoms with van der Waals surface area (Å²) < 4.78 is 11.3. The van der Waals surface area contributed by atoms with Crippen LogP contribution >= 0.6 is 0 Å². The molecule has 0 unspecified atom stereocenters. The normalized spacial score (nSPS) is 12.3. The Labute approximate surface area is 299 Å². The Morgan fingerprint density at radius 3 is 1.81 bits per heavy atom. The summed E-state index contributed by atoms with van der Waals surface area (Å²) in [5.74, 6) is 0.788. The second kappa shape index (κ2) is 30.7. The highest BCUT2D eigenvalue weighted by Gasteiger charge is 2.28. The van der Waals surface area contributed by atoms with E-state index in [1.807, 2.05) is 13.8 Å². The van der Waals surface area contributed by atoms with Crippen LogP contribution in [-0.4, -0.2) is 61.4 Å². The second-order valence-electron chi connectivity index (χ2n) is 16.1. The number of hydrogen-bond acceptors (Lipinski definition) is 6. The number of hydrogen-bond donors (Lipinski definition) is 1. The van der Waals surface area contributed by atoms with Gasteiger partial charge in [0.1, 0.15) is 0 Å². The van der Waals surface area contributed by atoms with Crippen LogP contribution in [0.4, 0.5) is 0 Å². The quantitative estimate of drug-likeness (QED) is 0.0530. The molecule has 6 nitrogen and oxygen atoms in total. The van der Waals surface area contributed by atoms with Gasteiger partial charge in [0.2, 0.25) is 0 Å². The van der Waals surface area contributed by atoms with E-state index in [4.69, 9.17) is 9.47 Å². The van der Waals surface area contributed by atoms with Gasteiger partial charge in [-0.25, -0.2) is 0 Å². The number of aliphatic hydroxyl groups excluding tert-OH is 1. The monoisotopic (exact) mass is 682 g/mol. The first-order chi connectivity index (χ1) is 23.0. The third kappa shape index (κ3) is 27.7. The van der Waals surface area contributed by atoms with Gasteiger partial charge >= 0.3 is 11.9 Å². The minimum atomic E-state index is -0.415. The Hall–Kier alpha value is -1.14. The Morgan fingerprint density at radius 1 is 0.625 bits per heavy atom. The highest BCUT2D eigenvalue weighted by atomic mass is 16.5. The minimum absolute atomic E-state index is 0.0120. The fourth-order valence-corrected chi connectivity index (χ4v) is 6.54. The number of esters is 2. The zero-order chi connectivity index (χ0) is 35.9. The number of carbonyl (C=O) groups excluding carboxylic acids is 2. The minimum Gasteiger partial charge on any atom is -0.465 e. The molecule has 0 heterocycles. The Kier molecular flexibility index (Phi) is 29.9. The van der Waals surface area contributed by atoms with Gasteiger partial charge < -0.3 is 19.5 Å². The molecular formula is C42H83NO5. The molecule has 0 aromatic heterocycles. The van der Waals surface area contributed by atoms with E-state index < -0.39 is 5.41 Å². The van der Waals surface area contributed by atoms with Crippen molar-refractivity contribution in [2.24, 2.45) is 16.7 Å². The number of carbonyl (C=O) groups is 2. The van der Waals surface area contributed by atoms with E-state index in [9.17, 15) is 14.7 Å². The lowest BCUT2D eigenvalue weighted by molar-refractivity contribution is -0.154. The second-order valence-corrected chi connectivity index (χ2v) is 16.1. The van der Waals surface area contributed by atoms with Gasteiger partial charge in [-0.1, -0.05) is 144 Å². The molecule has 6 heteroatoms. The van der Waals surface area contributed by atoms with Crippen LogP contribution in [-0.2, 0) is 19.1 Å². The van der Waals surface area contributed by atoms with Crippen molar-refractivity contribution in [3.63, 3.8) is 0 Å². The van der Waals surface area contributed by atoms with Gasteiger partial charge in [0.25, 0.3) is 0 Å². The lowest BCUT2D eigenvalue weighted by atomic mass is 9.87. The average Bonchev–Trinajstić information content (AvgIpc) is 3.05. The summed E-state index contributed by atoms with van der Waals surface area (Å²) in [5, 5.41) is 9.57. The molecule has 0 atom stereocenters. The maximum absolute atomic E-state index is 12.7. The number of ether oxygens (including phenoxy) is 2. The molecule has 0 aromatic rings. The van der Waals surface area contributed by atoms with Crippen LogP contribution in [0.2, 0.25) is 0 Å². The summed E-state index contributed by atoms with van der Waals surface area (Å²) in [6, 6.07) is 0. The number of unbranched alkanes of at least 4 members (excludes halogenated alkanes) is 14. The molecule has 0 aliphatic carbocycles. The maximum atomic E-state index is 12.7. The Balaban J connectivity index is 3.97. The molecule has 0 fully saturated rings. The zero-order valence-electron chi connectivity index (χ0n) is 33.3. The van der Waals surface area contributed by atoms with Crippen LogP contribution < -0.4 is 0 Å². The molecule has 0 bridgehead atoms. The van der Waals surface area contributed by atoms with Crippen molar-refractivity contribution in [3.05, 3.63) is 0 Å². The fraction of sp³-hybridized carbons (Fsp3) is 0.952. The van der Waals surface area contributed by atoms with Crippen LogP contribution in [0.5, 0.6) is 0 Å². The van der Waals surface area contributed by atoms with E-state index in [1.165, 1.54) is 64.2 Å². The van der Waals surface area contributed by atoms with Crippen LogP contribution in [0, 0.1) is 16.7 Å². The first-order valence-corrected chi connectivity index (χ1v) is 20.7. The number of rotatable bonds is 35. The molecule has 0 aliphatic heterocycles. The Morgan fingerprint density at radius 2 is 1.17 bits per heavy atom. The SMILES string of the molecule is CCCCCCCCCC(=O)OCC(C)(C)CCCCCN(CCO)CCCCCCC(C)(C)C(=O)OCCCCCCC(CC)CC. The van der Waals surface area contributed by atoms with Gasteiger partial charge in [0, 0.05) is 13.0 Å². The molecule has 0 saturated heterocycles. The van der Waals surface area contributed by atoms with E-state index in [2.05, 4.69) is 39.5 Å². The highest BCUT2D eigenvalue weighted by Crippen LogP contribution is 2.27. The van der Waals surface area contributed by atoms with Crippen molar-refractivity contribution in [1.82, 2.24) is 4.90 Å². The van der Waals surface area contributed by atoms with Gasteiger partial charge in [0.05, 0.1) is 25.2 Å². The van der Waals surface area contributed by atoms with Gasteiger partial charge in [-0.05, 0) is 76.8 Å². The zero-order valence-corrected chi connectivity index (χ0v) is 33.3. The fourth-order valence-electron chi connectivity index (χ4n) is 6.54. The molecule has 0 aliphatic rings. The smallest absolute Gasteiger partial charge is 0.311 e. The summed E-state index contributed by atoms with van der Waals surface area (Å²) >= 11 is 0. The molecule has 0 aromatic carbocycles. The van der Waals surface area contributed by atoms with Crippen LogP contribution in [0.25, 0.3) is 0 Å². The third-order valence-corrected chi connectivity index (χ3v) is 10.3.